The van der Waals surface area contributed by atoms with Crippen molar-refractivity contribution < 1.29 is 9.53 Å². The average molecular weight is 169 g/mol. The Kier molecular flexibility index (Phi) is 4.94. The van der Waals surface area contributed by atoms with Crippen LogP contribution in [-0.4, -0.2) is 31.2 Å². The number of amides is 1. The zero-order valence-corrected chi connectivity index (χ0v) is 7.83. The molecule has 68 valence electrons. The van der Waals surface area contributed by atoms with Crippen molar-refractivity contribution in [3.63, 3.8) is 0 Å². The number of nitrogens with zero attached hydrogens (tertiary/aromatic N) is 1. The Balaban J connectivity index is 3.66. The molecule has 0 aliphatic heterocycles. The lowest BCUT2D eigenvalue weighted by Crippen LogP contribution is -2.28. The first kappa shape index (κ1) is 10.8. The van der Waals surface area contributed by atoms with Crippen LogP contribution in [0.1, 0.15) is 13.8 Å². The third kappa shape index (κ3) is 4.62. The van der Waals surface area contributed by atoms with Gasteiger partial charge in [0.05, 0.1) is 13.2 Å². The van der Waals surface area contributed by atoms with Crippen LogP contribution in [0, 0.1) is 18.3 Å². The molecule has 3 heteroatoms. The van der Waals surface area contributed by atoms with Gasteiger partial charge in [-0.15, -0.1) is 6.42 Å². The maximum atomic E-state index is 11.0. The van der Waals surface area contributed by atoms with E-state index in [2.05, 4.69) is 5.92 Å². The first-order chi connectivity index (χ1) is 5.57. The van der Waals surface area contributed by atoms with E-state index in [1.54, 1.807) is 7.05 Å². The smallest absolute Gasteiger partial charge is 0.410 e. The Labute approximate surface area is 73.7 Å². The van der Waals surface area contributed by atoms with Gasteiger partial charge >= 0.3 is 6.09 Å². The summed E-state index contributed by atoms with van der Waals surface area (Å²) in [6, 6.07) is 0. The fraction of sp³-hybridized carbons (Fsp3) is 0.667. The van der Waals surface area contributed by atoms with Crippen LogP contribution in [0.3, 0.4) is 0 Å². The van der Waals surface area contributed by atoms with Gasteiger partial charge in [0.1, 0.15) is 0 Å². The van der Waals surface area contributed by atoms with Gasteiger partial charge in [0, 0.05) is 7.05 Å². The first-order valence-electron chi connectivity index (χ1n) is 3.89. The van der Waals surface area contributed by atoms with E-state index in [1.165, 1.54) is 4.90 Å². The number of carbonyl (C=O) groups excluding carboxylic acids is 1. The van der Waals surface area contributed by atoms with E-state index in [9.17, 15) is 4.79 Å². The van der Waals surface area contributed by atoms with Crippen molar-refractivity contribution in [1.82, 2.24) is 4.90 Å². The van der Waals surface area contributed by atoms with E-state index in [-0.39, 0.29) is 12.6 Å². The highest BCUT2D eigenvalue weighted by atomic mass is 16.6. The minimum atomic E-state index is -0.360. The van der Waals surface area contributed by atoms with Gasteiger partial charge in [0.2, 0.25) is 0 Å². The number of carbonyl (C=O) groups is 1. The summed E-state index contributed by atoms with van der Waals surface area (Å²) >= 11 is 0. The number of rotatable bonds is 3. The van der Waals surface area contributed by atoms with Crippen LogP contribution < -0.4 is 0 Å². The normalized spacial score (nSPS) is 9.25. The number of hydrogen-bond acceptors (Lipinski definition) is 2. The summed E-state index contributed by atoms with van der Waals surface area (Å²) in [4.78, 5) is 12.4. The van der Waals surface area contributed by atoms with E-state index < -0.39 is 0 Å². The molecule has 0 bridgehead atoms. The molecule has 0 fully saturated rings. The Morgan fingerprint density at radius 3 is 2.67 bits per heavy atom. The van der Waals surface area contributed by atoms with Gasteiger partial charge < -0.3 is 9.64 Å². The first-order valence-corrected chi connectivity index (χ1v) is 3.89. The van der Waals surface area contributed by atoms with Gasteiger partial charge in [-0.25, -0.2) is 4.79 Å². The molecule has 0 heterocycles. The second-order valence-electron chi connectivity index (χ2n) is 3.03. The summed E-state index contributed by atoms with van der Waals surface area (Å²) in [6.07, 6.45) is 4.66. The van der Waals surface area contributed by atoms with Gasteiger partial charge in [-0.3, -0.25) is 0 Å². The van der Waals surface area contributed by atoms with Crippen LogP contribution in [0.2, 0.25) is 0 Å². The summed E-state index contributed by atoms with van der Waals surface area (Å²) in [7, 11) is 1.61. The molecule has 0 saturated heterocycles. The second kappa shape index (κ2) is 5.48. The van der Waals surface area contributed by atoms with E-state index in [0.717, 1.165) is 0 Å². The number of ether oxygens (including phenoxy) is 1. The highest BCUT2D eigenvalue weighted by Crippen LogP contribution is 1.95. The lowest BCUT2D eigenvalue weighted by molar-refractivity contribution is 0.104. The average Bonchev–Trinajstić information content (AvgIpc) is 2.00. The second-order valence-corrected chi connectivity index (χ2v) is 3.03. The molecular weight excluding hydrogens is 154 g/mol. The number of terminal acetylenes is 1. The molecule has 3 nitrogen and oxygen atoms in total. The van der Waals surface area contributed by atoms with Crippen LogP contribution in [0.15, 0.2) is 0 Å². The molecule has 0 aliphatic rings. The summed E-state index contributed by atoms with van der Waals surface area (Å²) in [5, 5.41) is 0. The van der Waals surface area contributed by atoms with Crippen molar-refractivity contribution in [3.05, 3.63) is 0 Å². The summed E-state index contributed by atoms with van der Waals surface area (Å²) < 4.78 is 4.91. The van der Waals surface area contributed by atoms with Gasteiger partial charge in [-0.1, -0.05) is 19.8 Å². The van der Waals surface area contributed by atoms with Crippen molar-refractivity contribution in [2.75, 3.05) is 20.2 Å². The SMILES string of the molecule is C#CCN(C)C(=O)OCC(C)C. The van der Waals surface area contributed by atoms with Crippen molar-refractivity contribution in [1.29, 1.82) is 0 Å². The third-order valence-corrected chi connectivity index (χ3v) is 1.18. The molecule has 0 aromatic heterocycles. The molecule has 0 aromatic rings. The van der Waals surface area contributed by atoms with Gasteiger partial charge in [0.15, 0.2) is 0 Å². The lowest BCUT2D eigenvalue weighted by atomic mass is 10.2. The molecule has 0 spiro atoms. The van der Waals surface area contributed by atoms with Gasteiger partial charge in [-0.05, 0) is 5.92 Å². The van der Waals surface area contributed by atoms with Crippen molar-refractivity contribution in [2.24, 2.45) is 5.92 Å². The predicted molar refractivity (Wildman–Crippen MR) is 47.6 cm³/mol. The Morgan fingerprint density at radius 2 is 2.25 bits per heavy atom. The third-order valence-electron chi connectivity index (χ3n) is 1.18. The standard InChI is InChI=1S/C9H15NO2/c1-5-6-10(4)9(11)12-7-8(2)3/h1,8H,6-7H2,2-4H3. The lowest BCUT2D eigenvalue weighted by Gasteiger charge is -2.14. The summed E-state index contributed by atoms with van der Waals surface area (Å²) in [6.45, 7) is 4.69. The van der Waals surface area contributed by atoms with Gasteiger partial charge in [0.25, 0.3) is 0 Å². The highest BCUT2D eigenvalue weighted by Gasteiger charge is 2.08. The molecule has 0 radical (unpaired) electrons. The highest BCUT2D eigenvalue weighted by molar-refractivity contribution is 5.67. The van der Waals surface area contributed by atoms with Crippen LogP contribution in [0.5, 0.6) is 0 Å². The number of hydrogen-bond donors (Lipinski definition) is 0. The van der Waals surface area contributed by atoms with Crippen LogP contribution >= 0.6 is 0 Å². The molecule has 0 aromatic carbocycles. The minimum Gasteiger partial charge on any atom is -0.449 e. The summed E-state index contributed by atoms with van der Waals surface area (Å²) in [5.41, 5.74) is 0. The molecule has 0 N–H and O–H groups in total. The maximum absolute atomic E-state index is 11.0. The molecule has 0 aliphatic carbocycles. The summed E-state index contributed by atoms with van der Waals surface area (Å²) in [5.74, 6) is 2.72. The van der Waals surface area contributed by atoms with E-state index in [4.69, 9.17) is 11.2 Å². The van der Waals surface area contributed by atoms with Crippen molar-refractivity contribution in [2.45, 2.75) is 13.8 Å². The quantitative estimate of drug-likeness (QED) is 0.597. The maximum Gasteiger partial charge on any atom is 0.410 e. The largest absolute Gasteiger partial charge is 0.449 e. The Bertz CT molecular complexity index is 181. The van der Waals surface area contributed by atoms with Crippen LogP contribution in [-0.2, 0) is 4.74 Å². The molecule has 0 rings (SSSR count). The fourth-order valence-corrected chi connectivity index (χ4v) is 0.550. The molecule has 0 saturated carbocycles. The monoisotopic (exact) mass is 169 g/mol. The molecule has 12 heavy (non-hydrogen) atoms. The van der Waals surface area contributed by atoms with Crippen molar-refractivity contribution >= 4 is 6.09 Å². The zero-order chi connectivity index (χ0) is 9.56. The molecule has 0 atom stereocenters. The van der Waals surface area contributed by atoms with E-state index >= 15 is 0 Å². The van der Waals surface area contributed by atoms with Crippen LogP contribution in [0.4, 0.5) is 4.79 Å². The predicted octanol–water partition coefficient (Wildman–Crippen LogP) is 1.34. The fourth-order valence-electron chi connectivity index (χ4n) is 0.550. The Morgan fingerprint density at radius 1 is 1.67 bits per heavy atom. The molecule has 0 unspecified atom stereocenters. The minimum absolute atomic E-state index is 0.289. The molecular formula is C9H15NO2. The van der Waals surface area contributed by atoms with Crippen LogP contribution in [0.25, 0.3) is 0 Å². The van der Waals surface area contributed by atoms with Crippen molar-refractivity contribution in [3.8, 4) is 12.3 Å². The zero-order valence-electron chi connectivity index (χ0n) is 7.83. The van der Waals surface area contributed by atoms with Gasteiger partial charge in [-0.2, -0.15) is 0 Å². The Hall–Kier alpha value is -1.17. The molecule has 1 amide bonds. The van der Waals surface area contributed by atoms with E-state index in [1.807, 2.05) is 13.8 Å². The van der Waals surface area contributed by atoms with E-state index in [0.29, 0.717) is 12.5 Å². The topological polar surface area (TPSA) is 29.5 Å².